The molecular formula is C23H30BN. The van der Waals surface area contributed by atoms with E-state index in [-0.39, 0.29) is 0 Å². The molecule has 1 aromatic carbocycles. The van der Waals surface area contributed by atoms with Gasteiger partial charge in [0.25, 0.3) is 6.85 Å². The minimum atomic E-state index is 0.381. The first-order chi connectivity index (χ1) is 12.0. The maximum atomic E-state index is 3.97. The van der Waals surface area contributed by atoms with Crippen molar-refractivity contribution in [1.29, 1.82) is 0 Å². The number of allylic oxidation sites excluding steroid dienone is 6. The van der Waals surface area contributed by atoms with Crippen LogP contribution in [0.1, 0.15) is 51.2 Å². The van der Waals surface area contributed by atoms with Crippen molar-refractivity contribution in [2.24, 2.45) is 0 Å². The van der Waals surface area contributed by atoms with Gasteiger partial charge in [0.05, 0.1) is 0 Å². The Kier molecular flexibility index (Phi) is 5.49. The third kappa shape index (κ3) is 3.46. The number of rotatable bonds is 7. The lowest BCUT2D eigenvalue weighted by molar-refractivity contribution is 0.305. The van der Waals surface area contributed by atoms with E-state index in [2.05, 4.69) is 93.7 Å². The molecule has 0 heterocycles. The van der Waals surface area contributed by atoms with Crippen LogP contribution in [0.5, 0.6) is 0 Å². The van der Waals surface area contributed by atoms with Crippen LogP contribution in [-0.2, 0) is 0 Å². The number of fused-ring (bicyclic) bond motifs is 1. The van der Waals surface area contributed by atoms with Crippen molar-refractivity contribution < 1.29 is 0 Å². The normalized spacial score (nSPS) is 19.2. The zero-order chi connectivity index (χ0) is 18.0. The van der Waals surface area contributed by atoms with Crippen LogP contribution in [0.3, 0.4) is 0 Å². The second-order valence-corrected chi connectivity index (χ2v) is 7.77. The predicted molar refractivity (Wildman–Crippen MR) is 112 cm³/mol. The molecule has 2 heteroatoms. The molecule has 0 aliphatic heterocycles. The Balaban J connectivity index is 2.09. The van der Waals surface area contributed by atoms with Crippen molar-refractivity contribution in [2.45, 2.75) is 57.9 Å². The molecule has 0 aromatic heterocycles. The van der Waals surface area contributed by atoms with Crippen LogP contribution in [0.15, 0.2) is 67.3 Å². The lowest BCUT2D eigenvalue weighted by atomic mass is 9.43. The van der Waals surface area contributed by atoms with Gasteiger partial charge in [0.1, 0.15) is 0 Å². The Bertz CT molecular complexity index is 691. The lowest BCUT2D eigenvalue weighted by Gasteiger charge is -2.39. The summed E-state index contributed by atoms with van der Waals surface area (Å²) in [6, 6.07) is 9.93. The standard InChI is InChI=1S/C23H30BN/c1-6-11-19-16-23(22-15-10-9-14-21(19)22)24(20-12-7-8-13-20)25(17(2)3)18(4)5/h6-10,12-20H,1,11H2,2-5H3. The summed E-state index contributed by atoms with van der Waals surface area (Å²) in [4.78, 5) is 2.67. The van der Waals surface area contributed by atoms with E-state index in [1.54, 1.807) is 0 Å². The third-order valence-corrected chi connectivity index (χ3v) is 5.45. The van der Waals surface area contributed by atoms with Gasteiger partial charge in [-0.3, -0.25) is 0 Å². The van der Waals surface area contributed by atoms with Gasteiger partial charge < -0.3 is 4.81 Å². The van der Waals surface area contributed by atoms with Crippen LogP contribution in [0.4, 0.5) is 0 Å². The highest BCUT2D eigenvalue weighted by Crippen LogP contribution is 2.43. The molecule has 0 radical (unpaired) electrons. The van der Waals surface area contributed by atoms with E-state index >= 15 is 0 Å². The minimum Gasteiger partial charge on any atom is -0.333 e. The van der Waals surface area contributed by atoms with Crippen molar-refractivity contribution in [2.75, 3.05) is 0 Å². The van der Waals surface area contributed by atoms with Crippen LogP contribution in [0.2, 0.25) is 5.82 Å². The quantitative estimate of drug-likeness (QED) is 0.445. The van der Waals surface area contributed by atoms with Crippen molar-refractivity contribution >= 4 is 12.3 Å². The Labute approximate surface area is 153 Å². The van der Waals surface area contributed by atoms with Gasteiger partial charge in [0.15, 0.2) is 0 Å². The molecule has 2 aliphatic carbocycles. The first-order valence-corrected chi connectivity index (χ1v) is 9.59. The molecule has 3 rings (SSSR count). The first-order valence-electron chi connectivity index (χ1n) is 9.59. The van der Waals surface area contributed by atoms with Crippen LogP contribution >= 0.6 is 0 Å². The topological polar surface area (TPSA) is 3.24 Å². The van der Waals surface area contributed by atoms with E-state index in [1.807, 2.05) is 6.08 Å². The van der Waals surface area contributed by atoms with Crippen LogP contribution in [-0.4, -0.2) is 23.7 Å². The molecule has 1 atom stereocenters. The summed E-state index contributed by atoms with van der Waals surface area (Å²) in [6.45, 7) is 13.6. The molecule has 0 N–H and O–H groups in total. The third-order valence-electron chi connectivity index (χ3n) is 5.45. The lowest BCUT2D eigenvalue weighted by Crippen LogP contribution is -2.50. The van der Waals surface area contributed by atoms with Gasteiger partial charge in [-0.1, -0.05) is 93.9 Å². The summed E-state index contributed by atoms with van der Waals surface area (Å²) in [5.74, 6) is 0.897. The SMILES string of the molecule is C=CCC1C=C(B(C2C=CC=C2)N(C(C)C)C(C)C)c2ccccc21. The Morgan fingerprint density at radius 3 is 2.32 bits per heavy atom. The molecule has 0 saturated heterocycles. The fourth-order valence-corrected chi connectivity index (χ4v) is 4.58. The fourth-order valence-electron chi connectivity index (χ4n) is 4.58. The van der Waals surface area contributed by atoms with Gasteiger partial charge in [0, 0.05) is 5.92 Å². The number of benzene rings is 1. The monoisotopic (exact) mass is 331 g/mol. The van der Waals surface area contributed by atoms with Crippen LogP contribution in [0.25, 0.3) is 5.47 Å². The van der Waals surface area contributed by atoms with Gasteiger partial charge in [-0.25, -0.2) is 0 Å². The van der Waals surface area contributed by atoms with E-state index in [0.717, 1.165) is 6.42 Å². The molecule has 0 spiro atoms. The highest BCUT2D eigenvalue weighted by molar-refractivity contribution is 6.79. The Morgan fingerprint density at radius 1 is 1.08 bits per heavy atom. The average molecular weight is 331 g/mol. The molecule has 25 heavy (non-hydrogen) atoms. The minimum absolute atomic E-state index is 0.381. The molecule has 1 unspecified atom stereocenters. The molecule has 1 aromatic rings. The van der Waals surface area contributed by atoms with E-state index < -0.39 is 0 Å². The molecular weight excluding hydrogens is 301 g/mol. The van der Waals surface area contributed by atoms with Gasteiger partial charge in [-0.05, 0) is 35.4 Å². The predicted octanol–water partition coefficient (Wildman–Crippen LogP) is 5.89. The summed E-state index contributed by atoms with van der Waals surface area (Å²) in [7, 11) is 0. The van der Waals surface area contributed by atoms with E-state index in [1.165, 1.54) is 16.6 Å². The number of nitrogens with zero attached hydrogens (tertiary/aromatic N) is 1. The molecule has 0 bridgehead atoms. The molecule has 1 nitrogen and oxygen atoms in total. The number of hydrogen-bond donors (Lipinski definition) is 0. The maximum Gasteiger partial charge on any atom is 0.269 e. The van der Waals surface area contributed by atoms with Gasteiger partial charge in [-0.15, -0.1) is 6.58 Å². The van der Waals surface area contributed by atoms with Gasteiger partial charge in [-0.2, -0.15) is 0 Å². The molecule has 0 amide bonds. The second-order valence-electron chi connectivity index (χ2n) is 7.77. The molecule has 0 fully saturated rings. The smallest absolute Gasteiger partial charge is 0.269 e. The highest BCUT2D eigenvalue weighted by Gasteiger charge is 2.40. The average Bonchev–Trinajstić information content (AvgIpc) is 3.21. The summed E-state index contributed by atoms with van der Waals surface area (Å²) in [6.07, 6.45) is 14.7. The summed E-state index contributed by atoms with van der Waals surface area (Å²) >= 11 is 0. The summed E-state index contributed by atoms with van der Waals surface area (Å²) < 4.78 is 0. The fraction of sp³-hybridized carbons (Fsp3) is 0.391. The van der Waals surface area contributed by atoms with Crippen molar-refractivity contribution in [1.82, 2.24) is 4.81 Å². The van der Waals surface area contributed by atoms with Crippen LogP contribution < -0.4 is 0 Å². The number of hydrogen-bond acceptors (Lipinski definition) is 1. The Hall–Kier alpha value is -1.80. The van der Waals surface area contributed by atoms with Crippen molar-refractivity contribution in [3.8, 4) is 0 Å². The first kappa shape index (κ1) is 18.0. The molecule has 2 aliphatic rings. The van der Waals surface area contributed by atoms with Gasteiger partial charge in [0.2, 0.25) is 0 Å². The highest BCUT2D eigenvalue weighted by atomic mass is 15.1. The zero-order valence-electron chi connectivity index (χ0n) is 16.0. The van der Waals surface area contributed by atoms with E-state index in [0.29, 0.717) is 30.7 Å². The van der Waals surface area contributed by atoms with Crippen molar-refractivity contribution in [3.63, 3.8) is 0 Å². The maximum absolute atomic E-state index is 3.97. The van der Waals surface area contributed by atoms with E-state index in [4.69, 9.17) is 0 Å². The largest absolute Gasteiger partial charge is 0.333 e. The van der Waals surface area contributed by atoms with Crippen molar-refractivity contribution in [3.05, 3.63) is 78.4 Å². The van der Waals surface area contributed by atoms with Crippen LogP contribution in [0, 0.1) is 0 Å². The van der Waals surface area contributed by atoms with E-state index in [9.17, 15) is 0 Å². The molecule has 0 saturated carbocycles. The zero-order valence-corrected chi connectivity index (χ0v) is 16.0. The Morgan fingerprint density at radius 2 is 1.72 bits per heavy atom. The summed E-state index contributed by atoms with van der Waals surface area (Å²) in [5.41, 5.74) is 4.38. The van der Waals surface area contributed by atoms with Gasteiger partial charge >= 0.3 is 0 Å². The molecule has 130 valence electrons. The second kappa shape index (κ2) is 7.62. The summed E-state index contributed by atoms with van der Waals surface area (Å²) in [5, 5.41) is 0.